The molecule has 0 fully saturated rings. The van der Waals surface area contributed by atoms with Gasteiger partial charge in [-0.15, -0.1) is 0 Å². The number of hydrogen-bond acceptors (Lipinski definition) is 2. The topological polar surface area (TPSA) is 6.48 Å². The van der Waals surface area contributed by atoms with Gasteiger partial charge < -0.3 is 9.80 Å². The summed E-state index contributed by atoms with van der Waals surface area (Å²) in [6.07, 6.45) is 0. The van der Waals surface area contributed by atoms with Crippen LogP contribution in [0.4, 0.5) is 34.1 Å². The smallest absolute Gasteiger partial charge is 0.0669 e. The van der Waals surface area contributed by atoms with Gasteiger partial charge in [0.05, 0.1) is 21.4 Å². The van der Waals surface area contributed by atoms with E-state index in [0.717, 1.165) is 34.1 Å². The van der Waals surface area contributed by atoms with E-state index in [0.29, 0.717) is 10.0 Å². The molecule has 0 unspecified atom stereocenters. The van der Waals surface area contributed by atoms with Gasteiger partial charge in [-0.2, -0.15) is 0 Å². The van der Waals surface area contributed by atoms with Crippen molar-refractivity contribution in [2.75, 3.05) is 9.80 Å². The Hall–Kier alpha value is -3.72. The van der Waals surface area contributed by atoms with E-state index in [1.54, 1.807) is 0 Å². The van der Waals surface area contributed by atoms with Crippen molar-refractivity contribution in [1.82, 2.24) is 0 Å². The largest absolute Gasteiger partial charge is 0.309 e. The summed E-state index contributed by atoms with van der Waals surface area (Å²) in [7, 11) is 0. The molecule has 0 bridgehead atoms. The molecule has 0 saturated heterocycles. The summed E-state index contributed by atoms with van der Waals surface area (Å²) in [5.41, 5.74) is 10.5. The van der Waals surface area contributed by atoms with Crippen molar-refractivity contribution in [3.8, 4) is 0 Å². The highest BCUT2D eigenvalue weighted by Gasteiger charge is 2.22. The first kappa shape index (κ1) is 25.9. The van der Waals surface area contributed by atoms with Gasteiger partial charge in [0.2, 0.25) is 0 Å². The average Bonchev–Trinajstić information content (AvgIpc) is 2.87. The molecular weight excluding hydrogens is 507 g/mol. The maximum absolute atomic E-state index is 6.98. The molecule has 0 aliphatic carbocycles. The highest BCUT2D eigenvalue weighted by Crippen LogP contribution is 2.47. The lowest BCUT2D eigenvalue weighted by molar-refractivity contribution is 1.23. The minimum absolute atomic E-state index is 0.579. The summed E-state index contributed by atoms with van der Waals surface area (Å²) in [5, 5.41) is 1.16. The molecule has 0 spiro atoms. The minimum atomic E-state index is 0.579. The van der Waals surface area contributed by atoms with Crippen LogP contribution in [0.3, 0.4) is 0 Å². The third kappa shape index (κ3) is 5.43. The second kappa shape index (κ2) is 10.9. The number of halogens is 2. The van der Waals surface area contributed by atoms with Crippen LogP contribution >= 0.6 is 23.2 Å². The van der Waals surface area contributed by atoms with Gasteiger partial charge in [-0.1, -0.05) is 71.7 Å². The summed E-state index contributed by atoms with van der Waals surface area (Å²) in [5.74, 6) is 0. The third-order valence-corrected chi connectivity index (χ3v) is 7.14. The van der Waals surface area contributed by atoms with Gasteiger partial charge in [0.1, 0.15) is 0 Å². The Morgan fingerprint density at radius 2 is 0.684 bits per heavy atom. The fourth-order valence-electron chi connectivity index (χ4n) is 4.79. The number of aryl methyl sites for hydroxylation is 4. The van der Waals surface area contributed by atoms with Crippen LogP contribution in [0.25, 0.3) is 0 Å². The maximum Gasteiger partial charge on any atom is 0.0669 e. The van der Waals surface area contributed by atoms with Crippen LogP contribution in [0.5, 0.6) is 0 Å². The van der Waals surface area contributed by atoms with Crippen LogP contribution in [-0.4, -0.2) is 0 Å². The number of nitrogens with zero attached hydrogens (tertiary/aromatic N) is 2. The molecule has 190 valence electrons. The lowest BCUT2D eigenvalue weighted by atomic mass is 10.1. The maximum atomic E-state index is 6.98. The summed E-state index contributed by atoms with van der Waals surface area (Å²) >= 11 is 14.0. The number of benzene rings is 5. The van der Waals surface area contributed by atoms with E-state index >= 15 is 0 Å². The second-order valence-electron chi connectivity index (χ2n) is 9.78. The molecule has 0 amide bonds. The van der Waals surface area contributed by atoms with E-state index < -0.39 is 0 Å². The van der Waals surface area contributed by atoms with Crippen molar-refractivity contribution in [1.29, 1.82) is 0 Å². The molecular formula is C34H30Cl2N2. The van der Waals surface area contributed by atoms with Crippen LogP contribution in [0.1, 0.15) is 22.3 Å². The third-order valence-electron chi connectivity index (χ3n) is 6.54. The van der Waals surface area contributed by atoms with Crippen molar-refractivity contribution >= 4 is 57.3 Å². The monoisotopic (exact) mass is 536 g/mol. The fraction of sp³-hybridized carbons (Fsp3) is 0.118. The van der Waals surface area contributed by atoms with Crippen LogP contribution in [0.2, 0.25) is 10.0 Å². The normalized spacial score (nSPS) is 10.9. The molecule has 0 heterocycles. The molecule has 0 aliphatic rings. The van der Waals surface area contributed by atoms with Crippen molar-refractivity contribution in [3.05, 3.63) is 141 Å². The van der Waals surface area contributed by atoms with Crippen molar-refractivity contribution in [2.24, 2.45) is 0 Å². The highest BCUT2D eigenvalue weighted by molar-refractivity contribution is 6.38. The van der Waals surface area contributed by atoms with Gasteiger partial charge in [-0.25, -0.2) is 0 Å². The number of rotatable bonds is 6. The second-order valence-corrected chi connectivity index (χ2v) is 10.6. The predicted molar refractivity (Wildman–Crippen MR) is 165 cm³/mol. The van der Waals surface area contributed by atoms with Gasteiger partial charge in [0, 0.05) is 22.7 Å². The molecule has 38 heavy (non-hydrogen) atoms. The molecule has 0 atom stereocenters. The predicted octanol–water partition coefficient (Wildman–Crippen LogP) is 11.2. The van der Waals surface area contributed by atoms with E-state index in [1.165, 1.54) is 22.3 Å². The van der Waals surface area contributed by atoms with Gasteiger partial charge >= 0.3 is 0 Å². The molecule has 5 aromatic rings. The molecule has 0 saturated carbocycles. The number of hydrogen-bond donors (Lipinski definition) is 0. The van der Waals surface area contributed by atoms with E-state index in [9.17, 15) is 0 Å². The van der Waals surface area contributed by atoms with Gasteiger partial charge in [0.25, 0.3) is 0 Å². The first-order valence-corrected chi connectivity index (χ1v) is 13.4. The quantitative estimate of drug-likeness (QED) is 0.213. The first-order valence-electron chi connectivity index (χ1n) is 12.7. The van der Waals surface area contributed by atoms with Crippen LogP contribution < -0.4 is 9.80 Å². The summed E-state index contributed by atoms with van der Waals surface area (Å²) in [6, 6.07) is 37.8. The van der Waals surface area contributed by atoms with Crippen molar-refractivity contribution in [3.63, 3.8) is 0 Å². The Bertz CT molecular complexity index is 1400. The fourth-order valence-corrected chi connectivity index (χ4v) is 5.34. The van der Waals surface area contributed by atoms with Gasteiger partial charge in [-0.05, 0) is 111 Å². The standard InChI is InChI=1S/C34H30Cl2N2/c1-23-9-5-13-27(17-23)37(28-14-6-10-24(2)18-28)33-22-34(32(36)21-31(33)35)38(29-15-7-11-25(3)19-29)30-16-8-12-26(4)20-30/h5-22H,1-4H3. The summed E-state index contributed by atoms with van der Waals surface area (Å²) < 4.78 is 0. The zero-order chi connectivity index (χ0) is 26.8. The van der Waals surface area contributed by atoms with E-state index in [1.807, 2.05) is 6.07 Å². The Labute approximate surface area is 235 Å². The Kier molecular flexibility index (Phi) is 7.46. The molecule has 0 radical (unpaired) electrons. The van der Waals surface area contributed by atoms with Gasteiger partial charge in [0.15, 0.2) is 0 Å². The lowest BCUT2D eigenvalue weighted by Crippen LogP contribution is -2.14. The highest BCUT2D eigenvalue weighted by atomic mass is 35.5. The van der Waals surface area contributed by atoms with E-state index in [-0.39, 0.29) is 0 Å². The molecule has 4 heteroatoms. The molecule has 0 N–H and O–H groups in total. The molecule has 0 aromatic heterocycles. The zero-order valence-corrected chi connectivity index (χ0v) is 23.6. The van der Waals surface area contributed by atoms with Crippen LogP contribution in [-0.2, 0) is 0 Å². The minimum Gasteiger partial charge on any atom is -0.309 e. The van der Waals surface area contributed by atoms with Crippen molar-refractivity contribution < 1.29 is 0 Å². The molecule has 0 aliphatic heterocycles. The summed E-state index contributed by atoms with van der Waals surface area (Å²) in [6.45, 7) is 8.40. The Balaban J connectivity index is 1.77. The van der Waals surface area contributed by atoms with E-state index in [2.05, 4.69) is 141 Å². The summed E-state index contributed by atoms with van der Waals surface area (Å²) in [4.78, 5) is 4.40. The molecule has 5 aromatic carbocycles. The molecule has 5 rings (SSSR count). The van der Waals surface area contributed by atoms with Crippen LogP contribution in [0.15, 0.2) is 109 Å². The molecule has 2 nitrogen and oxygen atoms in total. The Morgan fingerprint density at radius 1 is 0.395 bits per heavy atom. The van der Waals surface area contributed by atoms with Crippen LogP contribution in [0, 0.1) is 27.7 Å². The first-order chi connectivity index (χ1) is 18.3. The number of anilines is 6. The zero-order valence-electron chi connectivity index (χ0n) is 22.0. The Morgan fingerprint density at radius 3 is 0.947 bits per heavy atom. The van der Waals surface area contributed by atoms with Crippen molar-refractivity contribution in [2.45, 2.75) is 27.7 Å². The SMILES string of the molecule is Cc1cccc(N(c2cccc(C)c2)c2cc(N(c3cccc(C)c3)c3cccc(C)c3)c(Cl)cc2Cl)c1. The average molecular weight is 538 g/mol. The van der Waals surface area contributed by atoms with E-state index in [4.69, 9.17) is 23.2 Å². The lowest BCUT2D eigenvalue weighted by Gasteiger charge is -2.31. The van der Waals surface area contributed by atoms with Gasteiger partial charge in [-0.3, -0.25) is 0 Å².